The Morgan fingerprint density at radius 3 is 2.16 bits per heavy atom. The van der Waals surface area contributed by atoms with E-state index in [2.05, 4.69) is 4.99 Å². The van der Waals surface area contributed by atoms with Gasteiger partial charge in [-0.05, 0) is 55.3 Å². The van der Waals surface area contributed by atoms with Gasteiger partial charge in [0.05, 0.1) is 26.6 Å². The molecule has 1 aromatic heterocycles. The maximum atomic E-state index is 13.2. The lowest BCUT2D eigenvalue weighted by Gasteiger charge is -2.22. The predicted molar refractivity (Wildman–Crippen MR) is 148 cm³/mol. The molecule has 2 aromatic carbocycles. The number of nitrogens with two attached hydrogens (primary N) is 1. The van der Waals surface area contributed by atoms with Crippen LogP contribution in [0.3, 0.4) is 0 Å². The molecule has 0 bridgehead atoms. The summed E-state index contributed by atoms with van der Waals surface area (Å²) in [7, 11) is -6.02. The van der Waals surface area contributed by atoms with Crippen LogP contribution in [0.4, 0.5) is 0 Å². The summed E-state index contributed by atoms with van der Waals surface area (Å²) < 4.78 is 59.0. The Kier molecular flexibility index (Phi) is 10.4. The van der Waals surface area contributed by atoms with Gasteiger partial charge in [-0.3, -0.25) is 4.79 Å². The lowest BCUT2D eigenvalue weighted by Crippen LogP contribution is -2.33. The maximum Gasteiger partial charge on any atom is 0.279 e. The number of unbranched alkanes of at least 4 members (excludes halogenated alkanes) is 2. The quantitative estimate of drug-likeness (QED) is 0.328. The number of hydrogen-bond donors (Lipinski definition) is 1. The highest BCUT2D eigenvalue weighted by atomic mass is 32.2. The van der Waals surface area contributed by atoms with E-state index < -0.39 is 26.0 Å². The average Bonchev–Trinajstić information content (AvgIpc) is 3.22. The number of ether oxygens (including phenoxy) is 1. The van der Waals surface area contributed by atoms with Crippen molar-refractivity contribution in [2.24, 2.45) is 10.1 Å². The molecule has 38 heavy (non-hydrogen) atoms. The monoisotopic (exact) mass is 582 g/mol. The molecule has 3 aromatic rings. The van der Waals surface area contributed by atoms with Crippen molar-refractivity contribution >= 4 is 47.5 Å². The van der Waals surface area contributed by atoms with Crippen molar-refractivity contribution < 1.29 is 26.4 Å². The van der Waals surface area contributed by atoms with Crippen LogP contribution in [-0.4, -0.2) is 58.4 Å². The SMILES string of the molecule is CCCCN(CCCC)S(=O)(=O)c1ccc(C(=O)N=c2sc3cc(S(N)(=O)=O)ccc3n2CCOC)cc1. The summed E-state index contributed by atoms with van der Waals surface area (Å²) in [6, 6.07) is 10.3. The lowest BCUT2D eigenvalue weighted by atomic mass is 10.2. The number of hydrogen-bond acceptors (Lipinski definition) is 7. The largest absolute Gasteiger partial charge is 0.383 e. The Morgan fingerprint density at radius 1 is 1.00 bits per heavy atom. The number of sulfonamides is 2. The molecule has 0 unspecified atom stereocenters. The number of carbonyl (C=O) groups excluding carboxylic acids is 1. The van der Waals surface area contributed by atoms with Crippen molar-refractivity contribution in [1.29, 1.82) is 0 Å². The van der Waals surface area contributed by atoms with E-state index in [1.165, 1.54) is 40.7 Å². The number of benzene rings is 2. The van der Waals surface area contributed by atoms with Crippen LogP contribution in [0.2, 0.25) is 0 Å². The summed E-state index contributed by atoms with van der Waals surface area (Å²) in [5.74, 6) is -0.549. The molecule has 10 nitrogen and oxygen atoms in total. The van der Waals surface area contributed by atoms with Gasteiger partial charge in [0.15, 0.2) is 4.80 Å². The van der Waals surface area contributed by atoms with Gasteiger partial charge in [-0.1, -0.05) is 38.0 Å². The Hall–Kier alpha value is -2.42. The molecule has 0 saturated carbocycles. The van der Waals surface area contributed by atoms with Crippen molar-refractivity contribution in [3.05, 3.63) is 52.8 Å². The summed E-state index contributed by atoms with van der Waals surface area (Å²) in [5, 5.41) is 5.27. The average molecular weight is 583 g/mol. The maximum absolute atomic E-state index is 13.2. The number of aromatic nitrogens is 1. The van der Waals surface area contributed by atoms with E-state index in [4.69, 9.17) is 9.88 Å². The van der Waals surface area contributed by atoms with Crippen LogP contribution >= 0.6 is 11.3 Å². The van der Waals surface area contributed by atoms with Crippen LogP contribution in [0.15, 0.2) is 57.2 Å². The van der Waals surface area contributed by atoms with Gasteiger partial charge >= 0.3 is 0 Å². The normalized spacial score (nSPS) is 13.0. The fourth-order valence-electron chi connectivity index (χ4n) is 3.81. The van der Waals surface area contributed by atoms with Crippen LogP contribution in [-0.2, 0) is 31.3 Å². The third kappa shape index (κ3) is 7.16. The van der Waals surface area contributed by atoms with E-state index in [-0.39, 0.29) is 15.4 Å². The van der Waals surface area contributed by atoms with Gasteiger partial charge in [0.25, 0.3) is 5.91 Å². The molecule has 13 heteroatoms. The minimum absolute atomic E-state index is 0.0354. The predicted octanol–water partition coefficient (Wildman–Crippen LogP) is 3.33. The first-order valence-corrected chi connectivity index (χ1v) is 16.2. The van der Waals surface area contributed by atoms with E-state index in [9.17, 15) is 21.6 Å². The first-order chi connectivity index (χ1) is 18.0. The molecular formula is C25H34N4O6S3. The van der Waals surface area contributed by atoms with Gasteiger partial charge in [0, 0.05) is 32.3 Å². The molecule has 3 rings (SSSR count). The van der Waals surface area contributed by atoms with Crippen LogP contribution in [0, 0.1) is 0 Å². The second kappa shape index (κ2) is 13.1. The van der Waals surface area contributed by atoms with E-state index >= 15 is 0 Å². The van der Waals surface area contributed by atoms with Gasteiger partial charge in [-0.15, -0.1) is 0 Å². The first kappa shape index (κ1) is 30.1. The molecule has 1 amide bonds. The molecule has 2 N–H and O–H groups in total. The zero-order valence-electron chi connectivity index (χ0n) is 21.8. The van der Waals surface area contributed by atoms with E-state index in [1.54, 1.807) is 17.7 Å². The zero-order chi connectivity index (χ0) is 27.9. The number of fused-ring (bicyclic) bond motifs is 1. The second-order valence-corrected chi connectivity index (χ2v) is 13.3. The lowest BCUT2D eigenvalue weighted by molar-refractivity contribution is 0.0997. The van der Waals surface area contributed by atoms with Crippen molar-refractivity contribution in [2.75, 3.05) is 26.8 Å². The smallest absolute Gasteiger partial charge is 0.279 e. The fourth-order valence-corrected chi connectivity index (χ4v) is 7.03. The molecule has 0 aliphatic heterocycles. The zero-order valence-corrected chi connectivity index (χ0v) is 24.2. The minimum Gasteiger partial charge on any atom is -0.383 e. The van der Waals surface area contributed by atoms with Gasteiger partial charge in [-0.25, -0.2) is 22.0 Å². The van der Waals surface area contributed by atoms with Crippen LogP contribution in [0.5, 0.6) is 0 Å². The molecule has 0 atom stereocenters. The summed E-state index contributed by atoms with van der Waals surface area (Å²) in [6.07, 6.45) is 3.32. The van der Waals surface area contributed by atoms with Crippen molar-refractivity contribution in [2.45, 2.75) is 55.9 Å². The molecule has 208 valence electrons. The van der Waals surface area contributed by atoms with Crippen LogP contribution < -0.4 is 9.94 Å². The number of primary sulfonamides is 1. The van der Waals surface area contributed by atoms with Gasteiger partial charge in [-0.2, -0.15) is 9.30 Å². The fraction of sp³-hybridized carbons (Fsp3) is 0.440. The molecule has 0 aliphatic carbocycles. The standard InChI is InChI=1S/C25H34N4O6S3/c1-4-6-14-28(15-7-5-2)38(33,34)20-10-8-19(9-11-20)24(30)27-25-29(16-17-35-3)22-13-12-21(37(26,31)32)18-23(22)36-25/h8-13,18H,4-7,14-17H2,1-3H3,(H2,26,31,32). The number of carbonyl (C=O) groups is 1. The topological polar surface area (TPSA) is 141 Å². The van der Waals surface area contributed by atoms with Gasteiger partial charge < -0.3 is 9.30 Å². The summed E-state index contributed by atoms with van der Waals surface area (Å²) >= 11 is 1.15. The Labute approximate surface area is 227 Å². The van der Waals surface area contributed by atoms with Crippen molar-refractivity contribution in [3.8, 4) is 0 Å². The minimum atomic E-state index is -3.89. The van der Waals surface area contributed by atoms with Gasteiger partial charge in [0.1, 0.15) is 0 Å². The van der Waals surface area contributed by atoms with E-state index in [1.807, 2.05) is 13.8 Å². The van der Waals surface area contributed by atoms with E-state index in [0.29, 0.717) is 41.3 Å². The molecule has 0 saturated heterocycles. The summed E-state index contributed by atoms with van der Waals surface area (Å²) in [4.78, 5) is 17.8. The Balaban J connectivity index is 1.96. The van der Waals surface area contributed by atoms with Gasteiger partial charge in [0.2, 0.25) is 20.0 Å². The highest BCUT2D eigenvalue weighted by Crippen LogP contribution is 2.22. The van der Waals surface area contributed by atoms with Crippen LogP contribution in [0.25, 0.3) is 10.2 Å². The van der Waals surface area contributed by atoms with Crippen molar-refractivity contribution in [1.82, 2.24) is 8.87 Å². The number of amides is 1. The summed E-state index contributed by atoms with van der Waals surface area (Å²) in [6.45, 7) is 5.68. The van der Waals surface area contributed by atoms with Crippen LogP contribution in [0.1, 0.15) is 49.9 Å². The molecular weight excluding hydrogens is 548 g/mol. The molecule has 1 heterocycles. The molecule has 0 radical (unpaired) electrons. The number of nitrogens with zero attached hydrogens (tertiary/aromatic N) is 3. The number of methoxy groups -OCH3 is 1. The molecule has 0 spiro atoms. The second-order valence-electron chi connectivity index (χ2n) is 8.76. The molecule has 0 fully saturated rings. The molecule has 0 aliphatic rings. The highest BCUT2D eigenvalue weighted by molar-refractivity contribution is 7.89. The van der Waals surface area contributed by atoms with Crippen molar-refractivity contribution in [3.63, 3.8) is 0 Å². The third-order valence-corrected chi connectivity index (χ3v) is 9.83. The summed E-state index contributed by atoms with van der Waals surface area (Å²) in [5.41, 5.74) is 0.922. The Morgan fingerprint density at radius 2 is 1.61 bits per heavy atom. The highest BCUT2D eigenvalue weighted by Gasteiger charge is 2.24. The number of rotatable bonds is 13. The first-order valence-electron chi connectivity index (χ1n) is 12.4. The third-order valence-electron chi connectivity index (χ3n) is 5.96. The van der Waals surface area contributed by atoms with E-state index in [0.717, 1.165) is 37.0 Å². The number of thiazole rings is 1. The Bertz CT molecular complexity index is 1530.